The van der Waals surface area contributed by atoms with Crippen LogP contribution in [0.3, 0.4) is 0 Å². The monoisotopic (exact) mass is 337 g/mol. The molecule has 124 valence electrons. The molecule has 0 radical (unpaired) electrons. The van der Waals surface area contributed by atoms with Crippen molar-refractivity contribution in [2.75, 3.05) is 16.8 Å². The molecule has 2 heterocycles. The largest absolute Gasteiger partial charge is 0.371 e. The van der Waals surface area contributed by atoms with Gasteiger partial charge in [-0.2, -0.15) is 11.8 Å². The van der Waals surface area contributed by atoms with Gasteiger partial charge in [0.25, 0.3) is 0 Å². The van der Waals surface area contributed by atoms with Crippen molar-refractivity contribution >= 4 is 29.0 Å². The molecule has 0 aliphatic carbocycles. The number of nitrogens with one attached hydrogen (secondary N) is 2. The van der Waals surface area contributed by atoms with Gasteiger partial charge in [-0.15, -0.1) is 0 Å². The molecule has 1 spiro atoms. The summed E-state index contributed by atoms with van der Waals surface area (Å²) in [7, 11) is 0. The molecule has 1 saturated heterocycles. The molecule has 0 unspecified atom stereocenters. The first-order chi connectivity index (χ1) is 11.8. The van der Waals surface area contributed by atoms with Gasteiger partial charge in [0.15, 0.2) is 0 Å². The molecule has 0 bridgehead atoms. The van der Waals surface area contributed by atoms with Gasteiger partial charge in [-0.05, 0) is 49.0 Å². The lowest BCUT2D eigenvalue weighted by molar-refractivity contribution is 0.543. The van der Waals surface area contributed by atoms with E-state index in [1.165, 1.54) is 22.6 Å². The normalized spacial score (nSPS) is 18.5. The third kappa shape index (κ3) is 3.03. The van der Waals surface area contributed by atoms with E-state index in [2.05, 4.69) is 66.1 Å². The second kappa shape index (κ2) is 6.52. The van der Waals surface area contributed by atoms with E-state index >= 15 is 0 Å². The van der Waals surface area contributed by atoms with Crippen molar-refractivity contribution in [3.63, 3.8) is 0 Å². The highest BCUT2D eigenvalue weighted by molar-refractivity contribution is 7.99. The fraction of sp³-hybridized carbons (Fsp3) is 0.350. The predicted octanol–water partition coefficient (Wildman–Crippen LogP) is 4.51. The Morgan fingerprint density at radius 2 is 1.96 bits per heavy atom. The highest BCUT2D eigenvalue weighted by atomic mass is 32.2. The fourth-order valence-corrected chi connectivity index (χ4v) is 4.71. The number of thioether (sulfide) groups is 1. The third-order valence-electron chi connectivity index (χ3n) is 4.85. The Balaban J connectivity index is 1.63. The van der Waals surface area contributed by atoms with Gasteiger partial charge < -0.3 is 10.6 Å². The zero-order valence-electron chi connectivity index (χ0n) is 14.0. The second-order valence-electron chi connectivity index (χ2n) is 6.64. The molecule has 0 atom stereocenters. The molecule has 2 aliphatic rings. The molecule has 2 aliphatic heterocycles. The highest BCUT2D eigenvalue weighted by Gasteiger charge is 2.40. The maximum absolute atomic E-state index is 4.99. The minimum absolute atomic E-state index is 0.0383. The maximum atomic E-state index is 4.99. The molecule has 0 amide bonds. The number of para-hydroxylation sites is 2. The van der Waals surface area contributed by atoms with Crippen LogP contribution in [0.25, 0.3) is 0 Å². The minimum atomic E-state index is -0.0383. The molecule has 4 heteroatoms. The van der Waals surface area contributed by atoms with Gasteiger partial charge in [0.1, 0.15) is 5.84 Å². The lowest BCUT2D eigenvalue weighted by atomic mass is 9.88. The number of aryl methyl sites for hydroxylation is 1. The number of hydrogen-bond acceptors (Lipinski definition) is 4. The third-order valence-corrected chi connectivity index (χ3v) is 5.84. The molecule has 2 N–H and O–H groups in total. The van der Waals surface area contributed by atoms with Crippen LogP contribution in [0.5, 0.6) is 0 Å². The van der Waals surface area contributed by atoms with Crippen molar-refractivity contribution < 1.29 is 0 Å². The second-order valence-corrected chi connectivity index (χ2v) is 7.86. The summed E-state index contributed by atoms with van der Waals surface area (Å²) in [5, 5.41) is 7.45. The van der Waals surface area contributed by atoms with Crippen molar-refractivity contribution in [3.05, 3.63) is 59.7 Å². The molecule has 2 aromatic carbocycles. The highest BCUT2D eigenvalue weighted by Crippen LogP contribution is 2.39. The van der Waals surface area contributed by atoms with E-state index in [-0.39, 0.29) is 5.54 Å². The van der Waals surface area contributed by atoms with Crippen molar-refractivity contribution in [3.8, 4) is 0 Å². The van der Waals surface area contributed by atoms with Gasteiger partial charge in [0.2, 0.25) is 0 Å². The maximum Gasteiger partial charge on any atom is 0.128 e. The molecular formula is C20H23N3S. The topological polar surface area (TPSA) is 36.4 Å². The van der Waals surface area contributed by atoms with Crippen LogP contribution in [0, 0.1) is 6.92 Å². The lowest BCUT2D eigenvalue weighted by Gasteiger charge is -2.42. The zero-order chi connectivity index (χ0) is 16.4. The molecule has 4 rings (SSSR count). The Morgan fingerprint density at radius 1 is 1.12 bits per heavy atom. The SMILES string of the molecule is Cc1cccc(CNC2=Nc3ccccc3NC23CCSCC3)c1. The van der Waals surface area contributed by atoms with E-state index in [0.29, 0.717) is 0 Å². The number of anilines is 1. The Labute approximate surface area is 148 Å². The van der Waals surface area contributed by atoms with Gasteiger partial charge in [-0.1, -0.05) is 42.0 Å². The summed E-state index contributed by atoms with van der Waals surface area (Å²) in [6.45, 7) is 2.96. The van der Waals surface area contributed by atoms with Crippen LogP contribution in [0.4, 0.5) is 11.4 Å². The Kier molecular flexibility index (Phi) is 4.23. The van der Waals surface area contributed by atoms with Crippen LogP contribution >= 0.6 is 11.8 Å². The Hall–Kier alpha value is -1.94. The first-order valence-electron chi connectivity index (χ1n) is 8.59. The molecule has 24 heavy (non-hydrogen) atoms. The number of benzene rings is 2. The quantitative estimate of drug-likeness (QED) is 0.847. The minimum Gasteiger partial charge on any atom is -0.371 e. The van der Waals surface area contributed by atoms with E-state index < -0.39 is 0 Å². The van der Waals surface area contributed by atoms with E-state index in [1.54, 1.807) is 0 Å². The molecule has 1 fully saturated rings. The number of aliphatic imine (C=N–C) groups is 1. The number of rotatable bonds is 2. The van der Waals surface area contributed by atoms with Crippen LogP contribution < -0.4 is 10.6 Å². The lowest BCUT2D eigenvalue weighted by Crippen LogP contribution is -2.55. The van der Waals surface area contributed by atoms with E-state index in [1.807, 2.05) is 11.8 Å². The summed E-state index contributed by atoms with van der Waals surface area (Å²) >= 11 is 2.04. The average molecular weight is 337 g/mol. The first kappa shape index (κ1) is 15.6. The smallest absolute Gasteiger partial charge is 0.128 e. The summed E-state index contributed by atoms with van der Waals surface area (Å²) in [5.41, 5.74) is 4.76. The molecular weight excluding hydrogens is 314 g/mol. The van der Waals surface area contributed by atoms with Crippen LogP contribution in [0.2, 0.25) is 0 Å². The Morgan fingerprint density at radius 3 is 2.79 bits per heavy atom. The van der Waals surface area contributed by atoms with Gasteiger partial charge in [0, 0.05) is 6.54 Å². The summed E-state index contributed by atoms with van der Waals surface area (Å²) in [5.74, 6) is 3.46. The van der Waals surface area contributed by atoms with E-state index in [9.17, 15) is 0 Å². The molecule has 0 aromatic heterocycles. The number of amidine groups is 1. The predicted molar refractivity (Wildman–Crippen MR) is 104 cm³/mol. The van der Waals surface area contributed by atoms with Gasteiger partial charge in [0.05, 0.1) is 16.9 Å². The Bertz CT molecular complexity index is 763. The molecule has 2 aromatic rings. The zero-order valence-corrected chi connectivity index (χ0v) is 14.8. The van der Waals surface area contributed by atoms with Crippen molar-refractivity contribution in [2.45, 2.75) is 31.8 Å². The summed E-state index contributed by atoms with van der Waals surface area (Å²) < 4.78 is 0. The van der Waals surface area contributed by atoms with Crippen LogP contribution in [0.15, 0.2) is 53.5 Å². The van der Waals surface area contributed by atoms with Crippen LogP contribution in [-0.4, -0.2) is 22.9 Å². The molecule has 0 saturated carbocycles. The summed E-state index contributed by atoms with van der Waals surface area (Å²) in [6, 6.07) is 17.0. The summed E-state index contributed by atoms with van der Waals surface area (Å²) in [6.07, 6.45) is 2.23. The van der Waals surface area contributed by atoms with Gasteiger partial charge in [-0.3, -0.25) is 0 Å². The van der Waals surface area contributed by atoms with Crippen molar-refractivity contribution in [1.82, 2.24) is 5.32 Å². The van der Waals surface area contributed by atoms with Crippen molar-refractivity contribution in [2.24, 2.45) is 4.99 Å². The van der Waals surface area contributed by atoms with Crippen LogP contribution in [0.1, 0.15) is 24.0 Å². The number of hydrogen-bond donors (Lipinski definition) is 2. The summed E-state index contributed by atoms with van der Waals surface area (Å²) in [4.78, 5) is 4.99. The first-order valence-corrected chi connectivity index (χ1v) is 9.74. The molecule has 3 nitrogen and oxygen atoms in total. The van der Waals surface area contributed by atoms with Crippen LogP contribution in [-0.2, 0) is 6.54 Å². The standard InChI is InChI=1S/C20H23N3S/c1-15-5-4-6-16(13-15)14-21-19-20(9-11-24-12-10-20)23-18-8-3-2-7-17(18)22-19/h2-8,13,23H,9-12,14H2,1H3,(H,21,22). The fourth-order valence-electron chi connectivity index (χ4n) is 3.52. The van der Waals surface area contributed by atoms with Crippen molar-refractivity contribution in [1.29, 1.82) is 0 Å². The number of nitrogens with zero attached hydrogens (tertiary/aromatic N) is 1. The van der Waals surface area contributed by atoms with Gasteiger partial charge in [-0.25, -0.2) is 4.99 Å². The van der Waals surface area contributed by atoms with E-state index in [0.717, 1.165) is 36.6 Å². The van der Waals surface area contributed by atoms with E-state index in [4.69, 9.17) is 4.99 Å². The number of fused-ring (bicyclic) bond motifs is 1. The average Bonchev–Trinajstić information content (AvgIpc) is 2.61. The van der Waals surface area contributed by atoms with Gasteiger partial charge >= 0.3 is 0 Å².